The van der Waals surface area contributed by atoms with Gasteiger partial charge >= 0.3 is 0 Å². The van der Waals surface area contributed by atoms with Gasteiger partial charge in [-0.05, 0) is 33.2 Å². The van der Waals surface area contributed by atoms with E-state index in [1.54, 1.807) is 6.92 Å². The molecule has 2 saturated heterocycles. The number of amides is 1. The minimum atomic E-state index is 0.220. The van der Waals surface area contributed by atoms with E-state index < -0.39 is 0 Å². The molecule has 0 spiro atoms. The highest BCUT2D eigenvalue weighted by Gasteiger charge is 2.34. The minimum absolute atomic E-state index is 0.220. The zero-order valence-electron chi connectivity index (χ0n) is 12.2. The van der Waals surface area contributed by atoms with Gasteiger partial charge in [0.25, 0.3) is 0 Å². The Morgan fingerprint density at radius 3 is 2.22 bits per heavy atom. The maximum atomic E-state index is 11.3. The summed E-state index contributed by atoms with van der Waals surface area (Å²) in [5.74, 6) is 1.01. The topological polar surface area (TPSA) is 26.8 Å². The van der Waals surface area contributed by atoms with E-state index in [9.17, 15) is 4.79 Å². The predicted octanol–water partition coefficient (Wildman–Crippen LogP) is 0.879. The second-order valence-corrected chi connectivity index (χ2v) is 6.06. The maximum Gasteiger partial charge on any atom is 0.219 e. The van der Waals surface area contributed by atoms with E-state index in [0.717, 1.165) is 32.1 Å². The van der Waals surface area contributed by atoms with Gasteiger partial charge in [0.1, 0.15) is 0 Å². The molecule has 0 radical (unpaired) electrons. The third kappa shape index (κ3) is 2.86. The van der Waals surface area contributed by atoms with Crippen molar-refractivity contribution >= 4 is 5.91 Å². The lowest BCUT2D eigenvalue weighted by Crippen LogP contribution is -2.49. The minimum Gasteiger partial charge on any atom is -0.340 e. The van der Waals surface area contributed by atoms with Gasteiger partial charge in [-0.15, -0.1) is 0 Å². The van der Waals surface area contributed by atoms with E-state index in [4.69, 9.17) is 0 Å². The van der Waals surface area contributed by atoms with E-state index in [2.05, 4.69) is 30.7 Å². The van der Waals surface area contributed by atoms with Crippen LogP contribution in [0, 0.1) is 5.92 Å². The van der Waals surface area contributed by atoms with Gasteiger partial charge in [0, 0.05) is 51.7 Å². The Balaban J connectivity index is 1.80. The van der Waals surface area contributed by atoms with Crippen molar-refractivity contribution in [2.75, 3.05) is 39.8 Å². The second kappa shape index (κ2) is 5.57. The molecule has 2 aliphatic heterocycles. The number of rotatable bonds is 2. The Morgan fingerprint density at radius 1 is 1.17 bits per heavy atom. The lowest BCUT2D eigenvalue weighted by molar-refractivity contribution is -0.130. The third-order valence-electron chi connectivity index (χ3n) is 4.97. The quantitative estimate of drug-likeness (QED) is 0.731. The molecular formula is C14H27N3O. The van der Waals surface area contributed by atoms with Crippen molar-refractivity contribution < 1.29 is 4.79 Å². The van der Waals surface area contributed by atoms with Crippen molar-refractivity contribution in [3.8, 4) is 0 Å². The van der Waals surface area contributed by atoms with Crippen molar-refractivity contribution in [3.05, 3.63) is 0 Å². The van der Waals surface area contributed by atoms with Crippen LogP contribution in [0.25, 0.3) is 0 Å². The van der Waals surface area contributed by atoms with Gasteiger partial charge < -0.3 is 9.80 Å². The van der Waals surface area contributed by atoms with Crippen LogP contribution in [0.3, 0.4) is 0 Å². The van der Waals surface area contributed by atoms with Crippen molar-refractivity contribution in [2.45, 2.75) is 39.3 Å². The molecule has 18 heavy (non-hydrogen) atoms. The Labute approximate surface area is 111 Å². The van der Waals surface area contributed by atoms with Crippen molar-refractivity contribution in [3.63, 3.8) is 0 Å². The average molecular weight is 253 g/mol. The standard InChI is InChI=1S/C14H27N3O/c1-11-9-14(12(2)15(11)4)10-16-5-7-17(8-6-16)13(3)18/h11-12,14H,5-10H2,1-4H3/t11?,12-,14?/m1/s1. The molecule has 0 N–H and O–H groups in total. The van der Waals surface area contributed by atoms with Gasteiger partial charge in [0.05, 0.1) is 0 Å². The van der Waals surface area contributed by atoms with Crippen molar-refractivity contribution in [2.24, 2.45) is 5.92 Å². The fourth-order valence-corrected chi connectivity index (χ4v) is 3.34. The Morgan fingerprint density at radius 2 is 1.78 bits per heavy atom. The summed E-state index contributed by atoms with van der Waals surface area (Å²) >= 11 is 0. The molecule has 0 saturated carbocycles. The molecule has 4 heteroatoms. The van der Waals surface area contributed by atoms with Crippen molar-refractivity contribution in [1.82, 2.24) is 14.7 Å². The van der Waals surface area contributed by atoms with Crippen LogP contribution in [0.15, 0.2) is 0 Å². The van der Waals surface area contributed by atoms with E-state index in [-0.39, 0.29) is 5.91 Å². The van der Waals surface area contributed by atoms with Crippen LogP contribution in [0.4, 0.5) is 0 Å². The maximum absolute atomic E-state index is 11.3. The Hall–Kier alpha value is -0.610. The first kappa shape index (κ1) is 13.8. The molecule has 2 rings (SSSR count). The summed E-state index contributed by atoms with van der Waals surface area (Å²) in [4.78, 5) is 18.3. The monoisotopic (exact) mass is 253 g/mol. The summed E-state index contributed by atoms with van der Waals surface area (Å²) in [5, 5.41) is 0. The van der Waals surface area contributed by atoms with Crippen LogP contribution >= 0.6 is 0 Å². The van der Waals surface area contributed by atoms with Gasteiger partial charge in [0.15, 0.2) is 0 Å². The molecule has 0 aromatic rings. The summed E-state index contributed by atoms with van der Waals surface area (Å²) in [7, 11) is 2.24. The number of carbonyl (C=O) groups excluding carboxylic acids is 1. The molecule has 2 fully saturated rings. The van der Waals surface area contributed by atoms with Crippen LogP contribution in [0.2, 0.25) is 0 Å². The van der Waals surface area contributed by atoms with Gasteiger partial charge in [0.2, 0.25) is 5.91 Å². The van der Waals surface area contributed by atoms with Gasteiger partial charge in [-0.2, -0.15) is 0 Å². The van der Waals surface area contributed by atoms with E-state index >= 15 is 0 Å². The molecule has 0 aromatic carbocycles. The molecule has 104 valence electrons. The largest absolute Gasteiger partial charge is 0.340 e. The summed E-state index contributed by atoms with van der Waals surface area (Å²) in [5.41, 5.74) is 0. The van der Waals surface area contributed by atoms with Gasteiger partial charge in [-0.1, -0.05) is 0 Å². The van der Waals surface area contributed by atoms with Crippen LogP contribution in [-0.2, 0) is 4.79 Å². The van der Waals surface area contributed by atoms with Gasteiger partial charge in [-0.25, -0.2) is 0 Å². The molecular weight excluding hydrogens is 226 g/mol. The number of hydrogen-bond donors (Lipinski definition) is 0. The highest BCUT2D eigenvalue weighted by atomic mass is 16.2. The highest BCUT2D eigenvalue weighted by Crippen LogP contribution is 2.28. The van der Waals surface area contributed by atoms with E-state index in [0.29, 0.717) is 12.1 Å². The number of hydrogen-bond acceptors (Lipinski definition) is 3. The first-order valence-electron chi connectivity index (χ1n) is 7.19. The number of nitrogens with zero attached hydrogens (tertiary/aromatic N) is 3. The number of piperazine rings is 1. The smallest absolute Gasteiger partial charge is 0.219 e. The zero-order chi connectivity index (χ0) is 13.3. The van der Waals surface area contributed by atoms with Crippen LogP contribution in [0.1, 0.15) is 27.2 Å². The SMILES string of the molecule is CC(=O)N1CCN(CC2CC(C)N(C)[C@@H]2C)CC1. The van der Waals surface area contributed by atoms with Crippen molar-refractivity contribution in [1.29, 1.82) is 0 Å². The molecule has 2 unspecified atom stereocenters. The number of carbonyl (C=O) groups is 1. The summed E-state index contributed by atoms with van der Waals surface area (Å²) < 4.78 is 0. The number of likely N-dealkylation sites (tertiary alicyclic amines) is 1. The molecule has 3 atom stereocenters. The van der Waals surface area contributed by atoms with Crippen LogP contribution < -0.4 is 0 Å². The first-order chi connectivity index (χ1) is 8.49. The summed E-state index contributed by atoms with van der Waals surface area (Å²) in [6, 6.07) is 1.40. The molecule has 0 aromatic heterocycles. The van der Waals surface area contributed by atoms with Crippen LogP contribution in [0.5, 0.6) is 0 Å². The van der Waals surface area contributed by atoms with E-state index in [1.165, 1.54) is 13.0 Å². The predicted molar refractivity (Wildman–Crippen MR) is 73.5 cm³/mol. The lowest BCUT2D eigenvalue weighted by atomic mass is 9.99. The molecule has 2 heterocycles. The Kier molecular flexibility index (Phi) is 4.28. The normalized spacial score (nSPS) is 35.1. The highest BCUT2D eigenvalue weighted by molar-refractivity contribution is 5.73. The molecule has 4 nitrogen and oxygen atoms in total. The van der Waals surface area contributed by atoms with Crippen LogP contribution in [-0.4, -0.2) is 72.5 Å². The molecule has 2 aliphatic rings. The van der Waals surface area contributed by atoms with Gasteiger partial charge in [-0.3, -0.25) is 9.69 Å². The van der Waals surface area contributed by atoms with E-state index in [1.807, 2.05) is 4.90 Å². The Bertz CT molecular complexity index is 299. The first-order valence-corrected chi connectivity index (χ1v) is 7.19. The third-order valence-corrected chi connectivity index (χ3v) is 4.97. The second-order valence-electron chi connectivity index (χ2n) is 6.06. The molecule has 1 amide bonds. The summed E-state index contributed by atoms with van der Waals surface area (Å²) in [6.45, 7) is 11.4. The fourth-order valence-electron chi connectivity index (χ4n) is 3.34. The summed E-state index contributed by atoms with van der Waals surface area (Å²) in [6.07, 6.45) is 1.31. The fraction of sp³-hybridized carbons (Fsp3) is 0.929. The molecule has 0 aliphatic carbocycles. The zero-order valence-corrected chi connectivity index (χ0v) is 12.2. The molecule has 0 bridgehead atoms. The average Bonchev–Trinajstić information content (AvgIpc) is 2.58. The lowest BCUT2D eigenvalue weighted by Gasteiger charge is -2.36.